The number of ether oxygens (including phenoxy) is 1. The van der Waals surface area contributed by atoms with Crippen molar-refractivity contribution in [3.05, 3.63) is 58.7 Å². The van der Waals surface area contributed by atoms with Crippen LogP contribution in [0.4, 0.5) is 0 Å². The lowest BCUT2D eigenvalue weighted by Crippen LogP contribution is -2.33. The van der Waals surface area contributed by atoms with Crippen molar-refractivity contribution in [1.82, 2.24) is 0 Å². The number of rotatable bonds is 0. The van der Waals surface area contributed by atoms with Gasteiger partial charge in [0.1, 0.15) is 23.7 Å². The first kappa shape index (κ1) is 13.4. The van der Waals surface area contributed by atoms with E-state index in [4.69, 9.17) is 4.74 Å². The zero-order chi connectivity index (χ0) is 17.0. The van der Waals surface area contributed by atoms with Gasteiger partial charge in [0.2, 0.25) is 0 Å². The molecule has 1 heterocycles. The molecule has 0 spiro atoms. The topological polar surface area (TPSA) is 87.1 Å². The Labute approximate surface area is 142 Å². The third-order valence-corrected chi connectivity index (χ3v) is 5.88. The lowest BCUT2D eigenvalue weighted by atomic mass is 9.63. The molecular weight excluding hydrogens is 320 g/mol. The van der Waals surface area contributed by atoms with Gasteiger partial charge in [0.15, 0.2) is 11.6 Å². The molecule has 0 bridgehead atoms. The smallest absolute Gasteiger partial charge is 0.198 e. The van der Waals surface area contributed by atoms with Crippen LogP contribution in [0.5, 0.6) is 11.5 Å². The summed E-state index contributed by atoms with van der Waals surface area (Å²) >= 11 is 0. The Morgan fingerprint density at radius 2 is 1.56 bits per heavy atom. The number of fused-ring (bicyclic) bond motifs is 4. The molecule has 4 aliphatic rings. The summed E-state index contributed by atoms with van der Waals surface area (Å²) in [5.41, 5.74) is 3.93. The number of carbonyl (C=O) groups excluding carboxylic acids is 2. The van der Waals surface area contributed by atoms with Gasteiger partial charge >= 0.3 is 0 Å². The van der Waals surface area contributed by atoms with Crippen LogP contribution >= 0.6 is 0 Å². The largest absolute Gasteiger partial charge is 0.507 e. The normalized spacial score (nSPS) is 29.8. The van der Waals surface area contributed by atoms with Crippen LogP contribution in [0.25, 0.3) is 11.1 Å². The van der Waals surface area contributed by atoms with Crippen molar-refractivity contribution < 1.29 is 24.5 Å². The van der Waals surface area contributed by atoms with E-state index in [2.05, 4.69) is 0 Å². The molecule has 2 N–H and O–H groups in total. The van der Waals surface area contributed by atoms with Crippen LogP contribution in [0.1, 0.15) is 43.7 Å². The molecule has 6 rings (SSSR count). The average Bonchev–Trinajstić information content (AvgIpc) is 3.38. The molecule has 0 amide bonds. The first-order valence-electron chi connectivity index (χ1n) is 8.22. The Hall–Kier alpha value is -2.92. The number of Topliss-reactive ketones (excluding diaryl/α,β-unsaturated/α-hetero) is 1. The predicted octanol–water partition coefficient (Wildman–Crippen LogP) is 2.66. The summed E-state index contributed by atoms with van der Waals surface area (Å²) in [6.07, 6.45) is 2.56. The lowest BCUT2D eigenvalue weighted by Gasteiger charge is -2.38. The van der Waals surface area contributed by atoms with Gasteiger partial charge < -0.3 is 14.9 Å². The van der Waals surface area contributed by atoms with Gasteiger partial charge in [-0.05, 0) is 40.5 Å². The van der Waals surface area contributed by atoms with Crippen LogP contribution in [-0.4, -0.2) is 34.0 Å². The number of aromatic hydroxyl groups is 2. The molecule has 1 saturated heterocycles. The van der Waals surface area contributed by atoms with Crippen molar-refractivity contribution in [3.63, 3.8) is 0 Å². The second-order valence-corrected chi connectivity index (χ2v) is 7.00. The maximum Gasteiger partial charge on any atom is 0.198 e. The fourth-order valence-corrected chi connectivity index (χ4v) is 4.86. The number of epoxide rings is 1. The van der Waals surface area contributed by atoms with E-state index in [1.54, 1.807) is 12.1 Å². The molecule has 0 radical (unpaired) electrons. The maximum absolute atomic E-state index is 12.6. The van der Waals surface area contributed by atoms with Crippen LogP contribution in [0.2, 0.25) is 0 Å². The molecule has 0 saturated carbocycles. The van der Waals surface area contributed by atoms with E-state index in [-0.39, 0.29) is 41.0 Å². The van der Waals surface area contributed by atoms with E-state index < -0.39 is 6.10 Å². The minimum atomic E-state index is -0.521. The molecule has 4 atom stereocenters. The van der Waals surface area contributed by atoms with E-state index in [0.29, 0.717) is 11.1 Å². The highest BCUT2D eigenvalue weighted by Gasteiger charge is 2.60. The molecule has 25 heavy (non-hydrogen) atoms. The highest BCUT2D eigenvalue weighted by atomic mass is 16.6. The van der Waals surface area contributed by atoms with Crippen molar-refractivity contribution in [2.45, 2.75) is 24.0 Å². The summed E-state index contributed by atoms with van der Waals surface area (Å²) in [7, 11) is 0. The Kier molecular flexibility index (Phi) is 2.14. The Bertz CT molecular complexity index is 1060. The van der Waals surface area contributed by atoms with E-state index >= 15 is 0 Å². The maximum atomic E-state index is 12.6. The first-order valence-corrected chi connectivity index (χ1v) is 8.22. The molecule has 122 valence electrons. The second kappa shape index (κ2) is 4.00. The number of phenolic OH excluding ortho intramolecular Hbond substituents is 2. The highest BCUT2D eigenvalue weighted by molar-refractivity contribution is 6.13. The molecule has 2 aromatic carbocycles. The quantitative estimate of drug-likeness (QED) is 0.724. The minimum Gasteiger partial charge on any atom is -0.507 e. The molecule has 5 heteroatoms. The molecule has 0 aromatic heterocycles. The van der Waals surface area contributed by atoms with Crippen molar-refractivity contribution in [3.8, 4) is 22.6 Å². The summed E-state index contributed by atoms with van der Waals surface area (Å²) in [5.74, 6) is -0.744. The summed E-state index contributed by atoms with van der Waals surface area (Å²) < 4.78 is 5.65. The van der Waals surface area contributed by atoms with Crippen LogP contribution in [0.3, 0.4) is 0 Å². The molecule has 0 unspecified atom stereocenters. The summed E-state index contributed by atoms with van der Waals surface area (Å²) in [5, 5.41) is 20.5. The molecule has 5 nitrogen and oxygen atoms in total. The summed E-state index contributed by atoms with van der Waals surface area (Å²) in [4.78, 5) is 25.0. The van der Waals surface area contributed by atoms with E-state index in [1.165, 1.54) is 18.2 Å². The minimum absolute atomic E-state index is 0.0268. The van der Waals surface area contributed by atoms with Crippen molar-refractivity contribution in [1.29, 1.82) is 0 Å². The van der Waals surface area contributed by atoms with Gasteiger partial charge in [0.05, 0.1) is 11.1 Å². The average molecular weight is 332 g/mol. The van der Waals surface area contributed by atoms with Gasteiger partial charge in [-0.3, -0.25) is 9.59 Å². The number of ketones is 2. The Morgan fingerprint density at radius 3 is 2.32 bits per heavy atom. The number of hydrogen-bond donors (Lipinski definition) is 2. The zero-order valence-corrected chi connectivity index (χ0v) is 12.9. The van der Waals surface area contributed by atoms with Gasteiger partial charge in [-0.2, -0.15) is 0 Å². The molecule has 1 fully saturated rings. The first-order chi connectivity index (χ1) is 12.1. The van der Waals surface area contributed by atoms with Gasteiger partial charge in [0.25, 0.3) is 0 Å². The lowest BCUT2D eigenvalue weighted by molar-refractivity contribution is 0.0948. The van der Waals surface area contributed by atoms with E-state index in [1.807, 2.05) is 6.08 Å². The van der Waals surface area contributed by atoms with Crippen LogP contribution in [0, 0.1) is 0 Å². The van der Waals surface area contributed by atoms with Crippen molar-refractivity contribution in [2.24, 2.45) is 0 Å². The van der Waals surface area contributed by atoms with Gasteiger partial charge in [0, 0.05) is 11.8 Å². The number of allylic oxidation sites excluding steroid dienone is 2. The van der Waals surface area contributed by atoms with Crippen LogP contribution in [0.15, 0.2) is 36.4 Å². The molecular formula is C20H12O5. The second-order valence-electron chi connectivity index (χ2n) is 7.00. The number of phenols is 2. The number of carbonyl (C=O) groups is 2. The summed E-state index contributed by atoms with van der Waals surface area (Å²) in [6, 6.07) is 6.60. The van der Waals surface area contributed by atoms with E-state index in [9.17, 15) is 19.8 Å². The van der Waals surface area contributed by atoms with Crippen LogP contribution in [-0.2, 0) is 4.74 Å². The van der Waals surface area contributed by atoms with Gasteiger partial charge in [-0.25, -0.2) is 0 Å². The third kappa shape index (κ3) is 1.40. The fraction of sp³-hybridized carbons (Fsp3) is 0.200. The Balaban J connectivity index is 1.78. The molecule has 2 aromatic rings. The van der Waals surface area contributed by atoms with Gasteiger partial charge in [-0.15, -0.1) is 0 Å². The molecule has 1 aliphatic heterocycles. The third-order valence-electron chi connectivity index (χ3n) is 5.88. The van der Waals surface area contributed by atoms with E-state index in [0.717, 1.165) is 22.3 Å². The molecule has 3 aliphatic carbocycles. The van der Waals surface area contributed by atoms with Crippen molar-refractivity contribution >= 4 is 11.6 Å². The van der Waals surface area contributed by atoms with Crippen molar-refractivity contribution in [2.75, 3.05) is 0 Å². The van der Waals surface area contributed by atoms with Crippen LogP contribution < -0.4 is 0 Å². The predicted molar refractivity (Wildman–Crippen MR) is 87.2 cm³/mol. The number of hydrogen-bond acceptors (Lipinski definition) is 5. The summed E-state index contributed by atoms with van der Waals surface area (Å²) in [6.45, 7) is 0. The Morgan fingerprint density at radius 1 is 0.880 bits per heavy atom. The SMILES string of the molecule is O=C1C=C[C@H]2c3c(ccc(O)c31)-c1ccc(O)c3c1[C@H]2[C@@H]1O[C@H]1C3=O. The zero-order valence-electron chi connectivity index (χ0n) is 12.9. The standard InChI is InChI=1S/C20H12O5/c21-10-4-1-7-8-2-5-12(23)17-14(8)15(19-20(25-19)18(17)24)9-3-6-11(22)16(10)13(7)9/h1-6,9,15,19-21,23H/t9-,15-,19-,20-/m0/s1. The fourth-order valence-electron chi connectivity index (χ4n) is 4.86. The number of benzene rings is 2. The highest BCUT2D eigenvalue weighted by Crippen LogP contribution is 2.60. The monoisotopic (exact) mass is 332 g/mol. The van der Waals surface area contributed by atoms with Gasteiger partial charge in [-0.1, -0.05) is 18.2 Å².